The summed E-state index contributed by atoms with van der Waals surface area (Å²) in [6.07, 6.45) is 5.63. The van der Waals surface area contributed by atoms with Gasteiger partial charge in [0.2, 0.25) is 11.3 Å². The van der Waals surface area contributed by atoms with Gasteiger partial charge >= 0.3 is 0 Å². The number of aryl methyl sites for hydroxylation is 2. The van der Waals surface area contributed by atoms with Crippen molar-refractivity contribution in [3.63, 3.8) is 0 Å². The predicted molar refractivity (Wildman–Crippen MR) is 176 cm³/mol. The standard InChI is InChI=1S/C35H35N5O7/c1-22-9-6-7-10-28(22)40-21-23(2)34(42)33(38-40)35(43)37-24-12-14-25(15-13-24)47-29-16-17-36-27-20-31(30(45-3)19-26(27)29)46-18-8-4-5-11-32(41)39-44/h6-7,9-10,12-17,19-21,44H,4-5,8,11,18H2,1-3H3,(H,37,43)(H,39,41). The van der Waals surface area contributed by atoms with E-state index in [2.05, 4.69) is 15.4 Å². The van der Waals surface area contributed by atoms with Crippen molar-refractivity contribution in [2.75, 3.05) is 19.0 Å². The van der Waals surface area contributed by atoms with Gasteiger partial charge in [-0.05, 0) is 81.1 Å². The smallest absolute Gasteiger partial charge is 0.280 e. The minimum absolute atomic E-state index is 0.207. The zero-order valence-electron chi connectivity index (χ0n) is 26.3. The van der Waals surface area contributed by atoms with Crippen LogP contribution < -0.4 is 30.4 Å². The fourth-order valence-corrected chi connectivity index (χ4v) is 4.92. The number of aromatic nitrogens is 3. The molecule has 0 aliphatic rings. The molecule has 47 heavy (non-hydrogen) atoms. The highest BCUT2D eigenvalue weighted by Crippen LogP contribution is 2.37. The van der Waals surface area contributed by atoms with Crippen molar-refractivity contribution in [1.82, 2.24) is 20.2 Å². The summed E-state index contributed by atoms with van der Waals surface area (Å²) in [6.45, 7) is 4.01. The number of para-hydroxylation sites is 1. The number of carbonyl (C=O) groups excluding carboxylic acids is 2. The van der Waals surface area contributed by atoms with Crippen molar-refractivity contribution in [2.45, 2.75) is 39.5 Å². The van der Waals surface area contributed by atoms with Gasteiger partial charge in [0.15, 0.2) is 17.2 Å². The molecule has 3 N–H and O–H groups in total. The van der Waals surface area contributed by atoms with Gasteiger partial charge in [-0.25, -0.2) is 10.2 Å². The summed E-state index contributed by atoms with van der Waals surface area (Å²) in [5.41, 5.74) is 4.22. The number of pyridine rings is 1. The van der Waals surface area contributed by atoms with Crippen molar-refractivity contribution in [3.05, 3.63) is 106 Å². The Morgan fingerprint density at radius 3 is 2.45 bits per heavy atom. The third-order valence-electron chi connectivity index (χ3n) is 7.43. The Morgan fingerprint density at radius 1 is 0.915 bits per heavy atom. The number of nitrogens with one attached hydrogen (secondary N) is 2. The number of benzene rings is 3. The monoisotopic (exact) mass is 637 g/mol. The Kier molecular flexibility index (Phi) is 10.4. The van der Waals surface area contributed by atoms with Crippen LogP contribution in [0.15, 0.2) is 83.9 Å². The van der Waals surface area contributed by atoms with E-state index in [9.17, 15) is 14.4 Å². The maximum Gasteiger partial charge on any atom is 0.280 e. The molecule has 12 heteroatoms. The summed E-state index contributed by atoms with van der Waals surface area (Å²) in [5.74, 6) is 1.08. The number of methoxy groups -OCH3 is 1. The van der Waals surface area contributed by atoms with E-state index >= 15 is 0 Å². The molecule has 12 nitrogen and oxygen atoms in total. The lowest BCUT2D eigenvalue weighted by Crippen LogP contribution is -2.27. The maximum atomic E-state index is 13.1. The molecule has 0 atom stereocenters. The molecular weight excluding hydrogens is 602 g/mol. The van der Waals surface area contributed by atoms with E-state index in [1.807, 2.05) is 31.2 Å². The molecule has 0 radical (unpaired) electrons. The molecule has 0 bridgehead atoms. The Balaban J connectivity index is 1.26. The number of anilines is 1. The molecule has 0 saturated carbocycles. The Bertz CT molecular complexity index is 1960. The van der Waals surface area contributed by atoms with E-state index in [-0.39, 0.29) is 12.1 Å². The number of hydroxylamine groups is 1. The Labute approximate surface area is 270 Å². The number of nitrogens with zero attached hydrogens (tertiary/aromatic N) is 3. The molecular formula is C35H35N5O7. The van der Waals surface area contributed by atoms with Crippen molar-refractivity contribution in [1.29, 1.82) is 0 Å². The van der Waals surface area contributed by atoms with Gasteiger partial charge in [-0.3, -0.25) is 24.6 Å². The molecule has 2 aromatic heterocycles. The number of carbonyl (C=O) groups is 2. The van der Waals surface area contributed by atoms with Crippen molar-refractivity contribution >= 4 is 28.4 Å². The third-order valence-corrected chi connectivity index (χ3v) is 7.43. The third kappa shape index (κ3) is 7.92. The summed E-state index contributed by atoms with van der Waals surface area (Å²) < 4.78 is 19.2. The number of rotatable bonds is 13. The van der Waals surface area contributed by atoms with Crippen molar-refractivity contribution in [2.24, 2.45) is 0 Å². The van der Waals surface area contributed by atoms with Crippen LogP contribution in [0.2, 0.25) is 0 Å². The second-order valence-electron chi connectivity index (χ2n) is 10.8. The highest BCUT2D eigenvalue weighted by atomic mass is 16.5. The average Bonchev–Trinajstić information content (AvgIpc) is 3.08. The van der Waals surface area contributed by atoms with Crippen LogP contribution in [-0.4, -0.2) is 45.5 Å². The van der Waals surface area contributed by atoms with E-state index in [4.69, 9.17) is 19.4 Å². The largest absolute Gasteiger partial charge is 0.493 e. The summed E-state index contributed by atoms with van der Waals surface area (Å²) in [6, 6.07) is 19.7. The molecule has 0 saturated heterocycles. The molecule has 0 unspecified atom stereocenters. The van der Waals surface area contributed by atoms with Crippen LogP contribution in [0.25, 0.3) is 16.6 Å². The molecule has 2 amide bonds. The zero-order valence-corrected chi connectivity index (χ0v) is 26.3. The Morgan fingerprint density at radius 2 is 1.70 bits per heavy atom. The number of unbranched alkanes of at least 4 members (excludes halogenated alkanes) is 2. The first-order valence-electron chi connectivity index (χ1n) is 15.1. The van der Waals surface area contributed by atoms with Crippen LogP contribution in [0.3, 0.4) is 0 Å². The van der Waals surface area contributed by atoms with E-state index in [1.165, 1.54) is 0 Å². The van der Waals surface area contributed by atoms with Crippen LogP contribution in [-0.2, 0) is 4.79 Å². The second kappa shape index (κ2) is 15.0. The van der Waals surface area contributed by atoms with Crippen LogP contribution in [0.4, 0.5) is 5.69 Å². The normalized spacial score (nSPS) is 10.8. The Hall–Kier alpha value is -5.75. The first-order valence-corrected chi connectivity index (χ1v) is 15.1. The zero-order chi connectivity index (χ0) is 33.3. The molecule has 0 spiro atoms. The van der Waals surface area contributed by atoms with Crippen LogP contribution in [0, 0.1) is 13.8 Å². The lowest BCUT2D eigenvalue weighted by molar-refractivity contribution is -0.129. The predicted octanol–water partition coefficient (Wildman–Crippen LogP) is 5.90. The average molecular weight is 638 g/mol. The molecule has 0 aliphatic heterocycles. The first kappa shape index (κ1) is 32.6. The van der Waals surface area contributed by atoms with Crippen LogP contribution in [0.5, 0.6) is 23.0 Å². The van der Waals surface area contributed by atoms with Crippen molar-refractivity contribution in [3.8, 4) is 28.7 Å². The van der Waals surface area contributed by atoms with E-state index < -0.39 is 17.2 Å². The van der Waals surface area contributed by atoms with Gasteiger partial charge in [0.05, 0.1) is 24.9 Å². The molecule has 5 aromatic rings. The molecule has 242 valence electrons. The minimum atomic E-state index is -0.617. The number of hydrogen-bond donors (Lipinski definition) is 3. The second-order valence-corrected chi connectivity index (χ2v) is 10.8. The van der Waals surface area contributed by atoms with E-state index in [0.717, 1.165) is 24.1 Å². The summed E-state index contributed by atoms with van der Waals surface area (Å²) in [4.78, 5) is 41.6. The fraction of sp³-hybridized carbons (Fsp3) is 0.229. The van der Waals surface area contributed by atoms with E-state index in [1.54, 1.807) is 79.1 Å². The molecule has 5 rings (SSSR count). The molecule has 3 aromatic carbocycles. The number of fused-ring (bicyclic) bond motifs is 1. The maximum absolute atomic E-state index is 13.1. The van der Waals surface area contributed by atoms with E-state index in [0.29, 0.717) is 58.2 Å². The summed E-state index contributed by atoms with van der Waals surface area (Å²) in [7, 11) is 1.55. The van der Waals surface area contributed by atoms with Crippen LogP contribution >= 0.6 is 0 Å². The topological polar surface area (TPSA) is 154 Å². The van der Waals surface area contributed by atoms with Gasteiger partial charge < -0.3 is 19.5 Å². The number of ether oxygens (including phenoxy) is 3. The molecule has 0 aliphatic carbocycles. The van der Waals surface area contributed by atoms with Crippen molar-refractivity contribution < 1.29 is 29.0 Å². The number of amides is 2. The SMILES string of the molecule is COc1cc2c(Oc3ccc(NC(=O)c4nn(-c5ccccc5C)cc(C)c4=O)cc3)ccnc2cc1OCCCCCC(=O)NO. The lowest BCUT2D eigenvalue weighted by atomic mass is 10.1. The fourth-order valence-electron chi connectivity index (χ4n) is 4.92. The van der Waals surface area contributed by atoms with Gasteiger partial charge in [0.25, 0.3) is 5.91 Å². The first-order chi connectivity index (χ1) is 22.8. The van der Waals surface area contributed by atoms with Crippen LogP contribution in [0.1, 0.15) is 47.3 Å². The highest BCUT2D eigenvalue weighted by molar-refractivity contribution is 6.02. The molecule has 0 fully saturated rings. The number of hydrogen-bond acceptors (Lipinski definition) is 9. The minimum Gasteiger partial charge on any atom is -0.493 e. The summed E-state index contributed by atoms with van der Waals surface area (Å²) in [5, 5.41) is 16.4. The van der Waals surface area contributed by atoms with Gasteiger partial charge in [0, 0.05) is 41.5 Å². The highest BCUT2D eigenvalue weighted by Gasteiger charge is 2.17. The van der Waals surface area contributed by atoms with Gasteiger partial charge in [-0.2, -0.15) is 5.10 Å². The van der Waals surface area contributed by atoms with Gasteiger partial charge in [-0.1, -0.05) is 18.2 Å². The van der Waals surface area contributed by atoms with Gasteiger partial charge in [0.1, 0.15) is 11.5 Å². The van der Waals surface area contributed by atoms with Gasteiger partial charge in [-0.15, -0.1) is 0 Å². The quantitative estimate of drug-likeness (QED) is 0.0814. The lowest BCUT2D eigenvalue weighted by Gasteiger charge is -2.14. The molecule has 2 heterocycles. The summed E-state index contributed by atoms with van der Waals surface area (Å²) >= 11 is 0.